The Morgan fingerprint density at radius 2 is 1.81 bits per heavy atom. The number of halogens is 3. The molecule has 0 bridgehead atoms. The third-order valence-corrected chi connectivity index (χ3v) is 6.03. The minimum absolute atomic E-state index is 0.0322. The van der Waals surface area contributed by atoms with Gasteiger partial charge in [-0.15, -0.1) is 0 Å². The van der Waals surface area contributed by atoms with E-state index in [9.17, 15) is 12.8 Å². The van der Waals surface area contributed by atoms with Crippen molar-refractivity contribution in [3.05, 3.63) is 57.8 Å². The summed E-state index contributed by atoms with van der Waals surface area (Å²) in [4.78, 5) is 0.0322. The van der Waals surface area contributed by atoms with Crippen LogP contribution in [-0.4, -0.2) is 15.0 Å². The number of sulfonamides is 1. The topological polar surface area (TPSA) is 37.4 Å². The highest BCUT2D eigenvalue weighted by Crippen LogP contribution is 2.30. The smallest absolute Gasteiger partial charge is 0.264 e. The van der Waals surface area contributed by atoms with E-state index in [2.05, 4.69) is 15.9 Å². The molecule has 0 saturated heterocycles. The molecule has 7 heteroatoms. The summed E-state index contributed by atoms with van der Waals surface area (Å²) in [5.74, 6) is -0.483. The molecule has 2 rings (SSSR count). The van der Waals surface area contributed by atoms with Gasteiger partial charge in [-0.2, -0.15) is 0 Å². The quantitative estimate of drug-likeness (QED) is 0.770. The summed E-state index contributed by atoms with van der Waals surface area (Å²) < 4.78 is 40.1. The highest BCUT2D eigenvalue weighted by atomic mass is 79.9. The first-order valence-corrected chi connectivity index (χ1v) is 8.70. The zero-order valence-electron chi connectivity index (χ0n) is 11.1. The summed E-state index contributed by atoms with van der Waals surface area (Å²) in [5, 5.41) is 0.417. The second kappa shape index (κ2) is 6.34. The molecule has 0 aromatic heterocycles. The molecule has 0 spiro atoms. The van der Waals surface area contributed by atoms with Gasteiger partial charge in [0.25, 0.3) is 10.0 Å². The summed E-state index contributed by atoms with van der Waals surface area (Å²) >= 11 is 9.28. The van der Waals surface area contributed by atoms with Gasteiger partial charge >= 0.3 is 0 Å². The second-order valence-corrected chi connectivity index (χ2v) is 7.35. The van der Waals surface area contributed by atoms with Crippen LogP contribution >= 0.6 is 27.5 Å². The average molecular weight is 393 g/mol. The van der Waals surface area contributed by atoms with Crippen molar-refractivity contribution in [2.45, 2.75) is 11.8 Å². The Morgan fingerprint density at radius 3 is 2.33 bits per heavy atom. The summed E-state index contributed by atoms with van der Waals surface area (Å²) in [6.45, 7) is 1.95. The molecule has 3 nitrogen and oxygen atoms in total. The van der Waals surface area contributed by atoms with Gasteiger partial charge in [-0.25, -0.2) is 12.8 Å². The first-order chi connectivity index (χ1) is 9.86. The third-order valence-electron chi connectivity index (χ3n) is 2.88. The fraction of sp³-hybridized carbons (Fsp3) is 0.143. The summed E-state index contributed by atoms with van der Waals surface area (Å²) in [6, 6.07) is 9.63. The molecule has 0 unspecified atom stereocenters. The van der Waals surface area contributed by atoms with Crippen LogP contribution in [0.3, 0.4) is 0 Å². The van der Waals surface area contributed by atoms with E-state index in [0.29, 0.717) is 15.2 Å². The van der Waals surface area contributed by atoms with Gasteiger partial charge in [-0.3, -0.25) is 4.31 Å². The summed E-state index contributed by atoms with van der Waals surface area (Å²) in [6.07, 6.45) is 0. The maximum absolute atomic E-state index is 12.9. The molecule has 0 aliphatic rings. The van der Waals surface area contributed by atoms with Crippen LogP contribution in [0.5, 0.6) is 0 Å². The maximum Gasteiger partial charge on any atom is 0.264 e. The van der Waals surface area contributed by atoms with Crippen molar-refractivity contribution in [2.75, 3.05) is 10.8 Å². The molecule has 0 radical (unpaired) electrons. The van der Waals surface area contributed by atoms with Gasteiger partial charge in [0.2, 0.25) is 0 Å². The lowest BCUT2D eigenvalue weighted by Gasteiger charge is -2.23. The van der Waals surface area contributed by atoms with E-state index in [1.54, 1.807) is 25.1 Å². The Balaban J connectivity index is 2.48. The average Bonchev–Trinajstić information content (AvgIpc) is 2.44. The van der Waals surface area contributed by atoms with Crippen LogP contribution in [-0.2, 0) is 10.0 Å². The number of hydrogen-bond acceptors (Lipinski definition) is 2. The van der Waals surface area contributed by atoms with Crippen LogP contribution in [0.25, 0.3) is 0 Å². The van der Waals surface area contributed by atoms with E-state index >= 15 is 0 Å². The number of nitrogens with zero attached hydrogens (tertiary/aromatic N) is 1. The molecule has 2 aromatic carbocycles. The first kappa shape index (κ1) is 16.3. The third kappa shape index (κ3) is 3.39. The number of benzene rings is 2. The molecular formula is C14H12BrClFNO2S. The van der Waals surface area contributed by atoms with Gasteiger partial charge in [0, 0.05) is 11.0 Å². The highest BCUT2D eigenvalue weighted by molar-refractivity contribution is 9.10. The molecule has 2 aromatic rings. The van der Waals surface area contributed by atoms with Crippen LogP contribution in [0.1, 0.15) is 6.92 Å². The monoisotopic (exact) mass is 391 g/mol. The molecule has 0 saturated carbocycles. The van der Waals surface area contributed by atoms with Crippen LogP contribution in [0, 0.1) is 5.82 Å². The van der Waals surface area contributed by atoms with Crippen molar-refractivity contribution in [3.63, 3.8) is 0 Å². The molecule has 21 heavy (non-hydrogen) atoms. The van der Waals surface area contributed by atoms with Crippen molar-refractivity contribution in [1.29, 1.82) is 0 Å². The highest BCUT2D eigenvalue weighted by Gasteiger charge is 2.24. The van der Waals surface area contributed by atoms with Gasteiger partial charge in [-0.05, 0) is 65.3 Å². The Kier molecular flexibility index (Phi) is 4.91. The lowest BCUT2D eigenvalue weighted by molar-refractivity contribution is 0.590. The SMILES string of the molecule is CCN(c1ccc(Br)c(Cl)c1)S(=O)(=O)c1ccc(F)cc1. The number of hydrogen-bond donors (Lipinski definition) is 0. The fourth-order valence-electron chi connectivity index (χ4n) is 1.87. The number of anilines is 1. The predicted molar refractivity (Wildman–Crippen MR) is 85.8 cm³/mol. The maximum atomic E-state index is 12.9. The Labute approximate surface area is 136 Å². The van der Waals surface area contributed by atoms with Gasteiger partial charge < -0.3 is 0 Å². The Morgan fingerprint density at radius 1 is 1.19 bits per heavy atom. The first-order valence-electron chi connectivity index (χ1n) is 6.09. The van der Waals surface area contributed by atoms with E-state index in [1.165, 1.54) is 16.4 Å². The van der Waals surface area contributed by atoms with E-state index in [4.69, 9.17) is 11.6 Å². The minimum Gasteiger partial charge on any atom is -0.267 e. The van der Waals surface area contributed by atoms with E-state index in [0.717, 1.165) is 12.1 Å². The van der Waals surface area contributed by atoms with Crippen LogP contribution in [0.2, 0.25) is 5.02 Å². The summed E-state index contributed by atoms with van der Waals surface area (Å²) in [7, 11) is -3.76. The molecule has 0 N–H and O–H groups in total. The molecule has 0 heterocycles. The molecule has 0 atom stereocenters. The zero-order valence-corrected chi connectivity index (χ0v) is 14.2. The normalized spacial score (nSPS) is 11.4. The van der Waals surface area contributed by atoms with E-state index < -0.39 is 15.8 Å². The van der Waals surface area contributed by atoms with Crippen molar-refractivity contribution >= 4 is 43.2 Å². The molecule has 0 aliphatic heterocycles. The van der Waals surface area contributed by atoms with Gasteiger partial charge in [0.1, 0.15) is 5.82 Å². The van der Waals surface area contributed by atoms with E-state index in [1.807, 2.05) is 0 Å². The predicted octanol–water partition coefficient (Wildman–Crippen LogP) is 4.46. The second-order valence-electron chi connectivity index (χ2n) is 4.22. The van der Waals surface area contributed by atoms with Gasteiger partial charge in [-0.1, -0.05) is 11.6 Å². The molecule has 0 amide bonds. The Hall–Kier alpha value is -1.11. The van der Waals surface area contributed by atoms with Crippen LogP contribution in [0.15, 0.2) is 51.8 Å². The van der Waals surface area contributed by atoms with Crippen molar-refractivity contribution in [2.24, 2.45) is 0 Å². The van der Waals surface area contributed by atoms with Gasteiger partial charge in [0.05, 0.1) is 15.6 Å². The molecule has 0 aliphatic carbocycles. The molecular weight excluding hydrogens is 381 g/mol. The Bertz CT molecular complexity index is 750. The lowest BCUT2D eigenvalue weighted by Crippen LogP contribution is -2.30. The van der Waals surface area contributed by atoms with Crippen LogP contribution in [0.4, 0.5) is 10.1 Å². The molecule has 112 valence electrons. The number of rotatable bonds is 4. The standard InChI is InChI=1S/C14H12BrClFNO2S/c1-2-18(11-5-8-13(15)14(16)9-11)21(19,20)12-6-3-10(17)4-7-12/h3-9H,2H2,1H3. The fourth-order valence-corrected chi connectivity index (χ4v) is 3.75. The zero-order chi connectivity index (χ0) is 15.6. The molecule has 0 fully saturated rings. The summed E-state index contributed by atoms with van der Waals surface area (Å²) in [5.41, 5.74) is 0.454. The minimum atomic E-state index is -3.76. The van der Waals surface area contributed by atoms with Crippen molar-refractivity contribution in [3.8, 4) is 0 Å². The largest absolute Gasteiger partial charge is 0.267 e. The van der Waals surface area contributed by atoms with Crippen LogP contribution < -0.4 is 4.31 Å². The lowest BCUT2D eigenvalue weighted by atomic mass is 10.3. The van der Waals surface area contributed by atoms with Crippen molar-refractivity contribution < 1.29 is 12.8 Å². The van der Waals surface area contributed by atoms with E-state index in [-0.39, 0.29) is 11.4 Å². The van der Waals surface area contributed by atoms with Crippen molar-refractivity contribution in [1.82, 2.24) is 0 Å². The van der Waals surface area contributed by atoms with Gasteiger partial charge in [0.15, 0.2) is 0 Å².